The molecular formula is C8H4BrFN2O. The minimum absolute atomic E-state index is 0.349. The second-order valence-electron chi connectivity index (χ2n) is 2.54. The number of aromatic nitrogens is 2. The maximum Gasteiger partial charge on any atom is 0.168 e. The van der Waals surface area contributed by atoms with Crippen LogP contribution in [0.2, 0.25) is 0 Å². The van der Waals surface area contributed by atoms with Crippen LogP contribution in [-0.2, 0) is 0 Å². The Morgan fingerprint density at radius 3 is 3.00 bits per heavy atom. The molecule has 0 spiro atoms. The number of rotatable bonds is 1. The van der Waals surface area contributed by atoms with Gasteiger partial charge in [0.1, 0.15) is 11.5 Å². The molecule has 3 nitrogen and oxygen atoms in total. The monoisotopic (exact) mass is 242 g/mol. The second kappa shape index (κ2) is 2.92. The van der Waals surface area contributed by atoms with Crippen LogP contribution in [0.3, 0.4) is 0 Å². The standard InChI is InChI=1S/C8H4BrFN2O/c9-5-1-4(10)2-6-8(5)7(3-13)12-11-6/h1-3H,(H,11,12). The number of aldehydes is 1. The molecule has 0 aliphatic rings. The number of aromatic amines is 1. The van der Waals surface area contributed by atoms with Crippen molar-refractivity contribution < 1.29 is 9.18 Å². The molecule has 1 aromatic heterocycles. The Bertz CT molecular complexity index is 480. The fourth-order valence-electron chi connectivity index (χ4n) is 1.18. The third-order valence-electron chi connectivity index (χ3n) is 1.72. The molecule has 0 unspecified atom stereocenters. The molecule has 0 saturated heterocycles. The maximum absolute atomic E-state index is 12.8. The first kappa shape index (κ1) is 8.37. The molecule has 0 amide bonds. The van der Waals surface area contributed by atoms with Crippen LogP contribution in [0.15, 0.2) is 16.6 Å². The summed E-state index contributed by atoms with van der Waals surface area (Å²) < 4.78 is 13.4. The summed E-state index contributed by atoms with van der Waals surface area (Å²) >= 11 is 3.16. The minimum Gasteiger partial charge on any atom is -0.296 e. The molecule has 5 heteroatoms. The Kier molecular flexibility index (Phi) is 1.88. The zero-order chi connectivity index (χ0) is 9.42. The number of carbonyl (C=O) groups is 1. The van der Waals surface area contributed by atoms with E-state index in [9.17, 15) is 9.18 Å². The molecule has 0 bridgehead atoms. The fourth-order valence-corrected chi connectivity index (χ4v) is 1.81. The molecule has 2 aromatic rings. The predicted molar refractivity (Wildman–Crippen MR) is 49.1 cm³/mol. The van der Waals surface area contributed by atoms with Crippen LogP contribution in [0.5, 0.6) is 0 Å². The number of hydrogen-bond acceptors (Lipinski definition) is 2. The van der Waals surface area contributed by atoms with E-state index in [1.54, 1.807) is 0 Å². The molecule has 0 aliphatic heterocycles. The van der Waals surface area contributed by atoms with Gasteiger partial charge in [-0.25, -0.2) is 4.39 Å². The minimum atomic E-state index is -0.386. The third kappa shape index (κ3) is 1.25. The largest absolute Gasteiger partial charge is 0.296 e. The zero-order valence-electron chi connectivity index (χ0n) is 6.34. The normalized spacial score (nSPS) is 10.6. The molecule has 1 N–H and O–H groups in total. The Morgan fingerprint density at radius 1 is 1.54 bits per heavy atom. The van der Waals surface area contributed by atoms with Crippen molar-refractivity contribution >= 4 is 33.1 Å². The highest BCUT2D eigenvalue weighted by Gasteiger charge is 2.09. The molecule has 0 fully saturated rings. The number of nitrogens with one attached hydrogen (secondary N) is 1. The van der Waals surface area contributed by atoms with E-state index in [1.807, 2.05) is 0 Å². The molecule has 0 atom stereocenters. The van der Waals surface area contributed by atoms with Gasteiger partial charge in [0, 0.05) is 15.9 Å². The zero-order valence-corrected chi connectivity index (χ0v) is 7.93. The van der Waals surface area contributed by atoms with Crippen LogP contribution in [0.1, 0.15) is 10.5 Å². The summed E-state index contributed by atoms with van der Waals surface area (Å²) in [6, 6.07) is 2.56. The van der Waals surface area contributed by atoms with Crippen molar-refractivity contribution in [1.29, 1.82) is 0 Å². The first-order valence-corrected chi connectivity index (χ1v) is 4.30. The number of nitrogens with zero attached hydrogens (tertiary/aromatic N) is 1. The van der Waals surface area contributed by atoms with Crippen LogP contribution in [0.25, 0.3) is 10.9 Å². The van der Waals surface area contributed by atoms with Gasteiger partial charge >= 0.3 is 0 Å². The lowest BCUT2D eigenvalue weighted by atomic mass is 10.2. The van der Waals surface area contributed by atoms with E-state index in [4.69, 9.17) is 0 Å². The van der Waals surface area contributed by atoms with Gasteiger partial charge in [-0.3, -0.25) is 9.89 Å². The fraction of sp³-hybridized carbons (Fsp3) is 0. The van der Waals surface area contributed by atoms with E-state index in [2.05, 4.69) is 26.1 Å². The lowest BCUT2D eigenvalue weighted by Gasteiger charge is -1.93. The lowest BCUT2D eigenvalue weighted by molar-refractivity contribution is 0.112. The Morgan fingerprint density at radius 2 is 2.31 bits per heavy atom. The maximum atomic E-state index is 12.8. The lowest BCUT2D eigenvalue weighted by Crippen LogP contribution is -1.81. The number of hydrogen-bond donors (Lipinski definition) is 1. The van der Waals surface area contributed by atoms with Gasteiger partial charge in [-0.05, 0) is 22.0 Å². The third-order valence-corrected chi connectivity index (χ3v) is 2.34. The van der Waals surface area contributed by atoms with Crippen molar-refractivity contribution in [2.24, 2.45) is 0 Å². The smallest absolute Gasteiger partial charge is 0.168 e. The summed E-state index contributed by atoms with van der Waals surface area (Å²) in [5.41, 5.74) is 0.788. The molecular weight excluding hydrogens is 239 g/mol. The Labute approximate surface area is 81.1 Å². The average molecular weight is 243 g/mol. The van der Waals surface area contributed by atoms with Crippen molar-refractivity contribution in [3.63, 3.8) is 0 Å². The Balaban J connectivity index is 2.89. The number of H-pyrrole nitrogens is 1. The molecule has 13 heavy (non-hydrogen) atoms. The van der Waals surface area contributed by atoms with E-state index in [1.165, 1.54) is 12.1 Å². The molecule has 0 saturated carbocycles. The van der Waals surface area contributed by atoms with E-state index < -0.39 is 0 Å². The highest BCUT2D eigenvalue weighted by atomic mass is 79.9. The van der Waals surface area contributed by atoms with Crippen molar-refractivity contribution in [3.8, 4) is 0 Å². The van der Waals surface area contributed by atoms with Crippen LogP contribution >= 0.6 is 15.9 Å². The van der Waals surface area contributed by atoms with Crippen molar-refractivity contribution in [3.05, 3.63) is 28.1 Å². The summed E-state index contributed by atoms with van der Waals surface area (Å²) in [7, 11) is 0. The van der Waals surface area contributed by atoms with Crippen molar-refractivity contribution in [2.45, 2.75) is 0 Å². The number of benzene rings is 1. The van der Waals surface area contributed by atoms with Gasteiger partial charge in [0.25, 0.3) is 0 Å². The van der Waals surface area contributed by atoms with E-state index in [0.717, 1.165) is 0 Å². The van der Waals surface area contributed by atoms with E-state index in [-0.39, 0.29) is 5.82 Å². The predicted octanol–water partition coefficient (Wildman–Crippen LogP) is 2.28. The first-order chi connectivity index (χ1) is 6.22. The Hall–Kier alpha value is -1.23. The molecule has 1 heterocycles. The molecule has 0 radical (unpaired) electrons. The second-order valence-corrected chi connectivity index (χ2v) is 3.39. The molecule has 66 valence electrons. The summed E-state index contributed by atoms with van der Waals surface area (Å²) in [6.07, 6.45) is 0.651. The van der Waals surface area contributed by atoms with Gasteiger partial charge in [-0.15, -0.1) is 0 Å². The van der Waals surface area contributed by atoms with Gasteiger partial charge in [-0.2, -0.15) is 5.10 Å². The van der Waals surface area contributed by atoms with E-state index in [0.29, 0.717) is 27.4 Å². The topological polar surface area (TPSA) is 45.8 Å². The van der Waals surface area contributed by atoms with Crippen LogP contribution < -0.4 is 0 Å². The molecule has 1 aromatic carbocycles. The van der Waals surface area contributed by atoms with Crippen LogP contribution in [-0.4, -0.2) is 16.5 Å². The summed E-state index contributed by atoms with van der Waals surface area (Å²) in [5.74, 6) is -0.386. The van der Waals surface area contributed by atoms with Crippen LogP contribution in [0.4, 0.5) is 4.39 Å². The van der Waals surface area contributed by atoms with Gasteiger partial charge < -0.3 is 0 Å². The van der Waals surface area contributed by atoms with Gasteiger partial charge in [0.05, 0.1) is 5.52 Å². The van der Waals surface area contributed by atoms with Crippen LogP contribution in [0, 0.1) is 5.82 Å². The molecule has 0 aliphatic carbocycles. The van der Waals surface area contributed by atoms with E-state index >= 15 is 0 Å². The number of carbonyl (C=O) groups excluding carboxylic acids is 1. The highest BCUT2D eigenvalue weighted by molar-refractivity contribution is 9.10. The summed E-state index contributed by atoms with van der Waals surface area (Å²) in [6.45, 7) is 0. The van der Waals surface area contributed by atoms with Gasteiger partial charge in [-0.1, -0.05) is 0 Å². The quantitative estimate of drug-likeness (QED) is 0.781. The number of halogens is 2. The average Bonchev–Trinajstić information content (AvgIpc) is 2.47. The van der Waals surface area contributed by atoms with Gasteiger partial charge in [0.2, 0.25) is 0 Å². The SMILES string of the molecule is O=Cc1[nH]nc2cc(F)cc(Br)c12. The first-order valence-electron chi connectivity index (χ1n) is 3.50. The summed E-state index contributed by atoms with van der Waals surface area (Å²) in [4.78, 5) is 10.5. The molecule has 2 rings (SSSR count). The summed E-state index contributed by atoms with van der Waals surface area (Å²) in [5, 5.41) is 6.91. The highest BCUT2D eigenvalue weighted by Crippen LogP contribution is 2.25. The van der Waals surface area contributed by atoms with Crippen molar-refractivity contribution in [2.75, 3.05) is 0 Å². The van der Waals surface area contributed by atoms with Crippen molar-refractivity contribution in [1.82, 2.24) is 10.2 Å². The number of fused-ring (bicyclic) bond motifs is 1. The van der Waals surface area contributed by atoms with Gasteiger partial charge in [0.15, 0.2) is 6.29 Å².